The van der Waals surface area contributed by atoms with Gasteiger partial charge in [-0.05, 0) is 37.1 Å². The van der Waals surface area contributed by atoms with E-state index in [1.165, 1.54) is 0 Å². The van der Waals surface area contributed by atoms with Gasteiger partial charge >= 0.3 is 0 Å². The Balaban J connectivity index is 2.00. The highest BCUT2D eigenvalue weighted by atomic mass is 32.2. The molecule has 0 bridgehead atoms. The molecule has 1 atom stereocenters. The molecule has 0 saturated carbocycles. The number of carbonyl (C=O) groups is 2. The maximum atomic E-state index is 12.9. The summed E-state index contributed by atoms with van der Waals surface area (Å²) in [5.74, 6) is 1.64. The fourth-order valence-corrected chi connectivity index (χ4v) is 3.61. The molecule has 0 aliphatic carbocycles. The zero-order chi connectivity index (χ0) is 20.5. The third kappa shape index (κ3) is 6.30. The van der Waals surface area contributed by atoms with E-state index in [0.717, 1.165) is 28.2 Å². The first-order valence-corrected chi connectivity index (χ1v) is 10.4. The second kappa shape index (κ2) is 10.8. The maximum Gasteiger partial charge on any atom is 0.242 e. The zero-order valence-electron chi connectivity index (χ0n) is 16.9. The molecule has 28 heavy (non-hydrogen) atoms. The number of hydrogen-bond donors (Lipinski definition) is 1. The molecule has 0 aliphatic rings. The number of amides is 2. The monoisotopic (exact) mass is 400 g/mol. The Morgan fingerprint density at radius 2 is 1.68 bits per heavy atom. The van der Waals surface area contributed by atoms with Crippen LogP contribution < -0.4 is 10.1 Å². The molecular formula is C22H28N2O3S. The third-order valence-electron chi connectivity index (χ3n) is 4.54. The van der Waals surface area contributed by atoms with Gasteiger partial charge in [0.05, 0.1) is 12.9 Å². The molecule has 2 aromatic carbocycles. The van der Waals surface area contributed by atoms with Crippen LogP contribution in [-0.2, 0) is 21.9 Å². The molecule has 150 valence electrons. The zero-order valence-corrected chi connectivity index (χ0v) is 17.7. The van der Waals surface area contributed by atoms with E-state index in [4.69, 9.17) is 4.74 Å². The van der Waals surface area contributed by atoms with Crippen molar-refractivity contribution < 1.29 is 14.3 Å². The summed E-state index contributed by atoms with van der Waals surface area (Å²) < 4.78 is 5.16. The number of ether oxygens (including phenoxy) is 1. The van der Waals surface area contributed by atoms with Gasteiger partial charge in [0.1, 0.15) is 11.8 Å². The number of nitrogens with one attached hydrogen (secondary N) is 1. The van der Waals surface area contributed by atoms with Crippen LogP contribution in [0.1, 0.15) is 23.6 Å². The lowest BCUT2D eigenvalue weighted by Gasteiger charge is -2.28. The van der Waals surface area contributed by atoms with Crippen molar-refractivity contribution in [1.29, 1.82) is 0 Å². The number of aryl methyl sites for hydroxylation is 1. The molecule has 0 fully saturated rings. The average molecular weight is 401 g/mol. The first-order chi connectivity index (χ1) is 13.4. The standard InChI is InChI=1S/C22H28N2O3S/c1-16-5-7-18(8-6-16)13-24(17(2)22(26)23-3)21(25)15-28-14-19-9-11-20(27-4)12-10-19/h5-12,17H,13-15H2,1-4H3,(H,23,26)/t17-/m1/s1. The summed E-state index contributed by atoms with van der Waals surface area (Å²) >= 11 is 1.54. The van der Waals surface area contributed by atoms with E-state index in [2.05, 4.69) is 5.32 Å². The van der Waals surface area contributed by atoms with Crippen LogP contribution >= 0.6 is 11.8 Å². The van der Waals surface area contributed by atoms with E-state index in [0.29, 0.717) is 12.3 Å². The number of benzene rings is 2. The van der Waals surface area contributed by atoms with E-state index in [9.17, 15) is 9.59 Å². The number of nitrogens with zero attached hydrogens (tertiary/aromatic N) is 1. The Labute approximate surface area is 171 Å². The molecule has 2 aromatic rings. The number of thioether (sulfide) groups is 1. The lowest BCUT2D eigenvalue weighted by atomic mass is 10.1. The molecule has 0 radical (unpaired) electrons. The molecular weight excluding hydrogens is 372 g/mol. The number of carbonyl (C=O) groups excluding carboxylic acids is 2. The van der Waals surface area contributed by atoms with Crippen molar-refractivity contribution in [3.8, 4) is 5.75 Å². The van der Waals surface area contributed by atoms with Gasteiger partial charge in [0.25, 0.3) is 0 Å². The molecule has 2 rings (SSSR count). The molecule has 0 aliphatic heterocycles. The van der Waals surface area contributed by atoms with Gasteiger partial charge in [0, 0.05) is 19.3 Å². The van der Waals surface area contributed by atoms with Gasteiger partial charge in [-0.25, -0.2) is 0 Å². The van der Waals surface area contributed by atoms with Crippen molar-refractivity contribution in [3.05, 3.63) is 65.2 Å². The van der Waals surface area contributed by atoms with Gasteiger partial charge in [-0.2, -0.15) is 0 Å². The number of rotatable bonds is 9. The SMILES string of the molecule is CNC(=O)[C@@H](C)N(Cc1ccc(C)cc1)C(=O)CSCc1ccc(OC)cc1. The fraction of sp³-hybridized carbons (Fsp3) is 0.364. The fourth-order valence-electron chi connectivity index (χ4n) is 2.74. The highest BCUT2D eigenvalue weighted by Crippen LogP contribution is 2.18. The van der Waals surface area contributed by atoms with Crippen LogP contribution in [0.15, 0.2) is 48.5 Å². The number of methoxy groups -OCH3 is 1. The van der Waals surface area contributed by atoms with E-state index in [1.54, 1.807) is 37.7 Å². The largest absolute Gasteiger partial charge is 0.497 e. The second-order valence-corrected chi connectivity index (χ2v) is 7.62. The molecule has 0 unspecified atom stereocenters. The van der Waals surface area contributed by atoms with Crippen molar-refractivity contribution in [2.24, 2.45) is 0 Å². The predicted octanol–water partition coefficient (Wildman–Crippen LogP) is 3.40. The molecule has 6 heteroatoms. The van der Waals surface area contributed by atoms with E-state index < -0.39 is 6.04 Å². The summed E-state index contributed by atoms with van der Waals surface area (Å²) in [7, 11) is 3.23. The van der Waals surface area contributed by atoms with Crippen molar-refractivity contribution in [2.75, 3.05) is 19.9 Å². The first kappa shape index (κ1) is 21.8. The maximum absolute atomic E-state index is 12.9. The van der Waals surface area contributed by atoms with Gasteiger partial charge in [-0.1, -0.05) is 42.0 Å². The normalized spacial score (nSPS) is 11.6. The Morgan fingerprint density at radius 1 is 1.07 bits per heavy atom. The minimum absolute atomic E-state index is 0.0461. The third-order valence-corrected chi connectivity index (χ3v) is 5.53. The van der Waals surface area contributed by atoms with Crippen molar-refractivity contribution >= 4 is 23.6 Å². The Bertz CT molecular complexity index is 775. The molecule has 1 N–H and O–H groups in total. The van der Waals surface area contributed by atoms with Crippen LogP contribution in [0, 0.1) is 6.92 Å². The van der Waals surface area contributed by atoms with E-state index >= 15 is 0 Å². The van der Waals surface area contributed by atoms with E-state index in [-0.39, 0.29) is 11.8 Å². The van der Waals surface area contributed by atoms with Gasteiger partial charge < -0.3 is 15.0 Å². The predicted molar refractivity (Wildman–Crippen MR) is 114 cm³/mol. The van der Waals surface area contributed by atoms with Crippen LogP contribution in [0.5, 0.6) is 5.75 Å². The molecule has 5 nitrogen and oxygen atoms in total. The summed E-state index contributed by atoms with van der Waals surface area (Å²) in [5.41, 5.74) is 3.30. The summed E-state index contributed by atoms with van der Waals surface area (Å²) in [6.07, 6.45) is 0. The van der Waals surface area contributed by atoms with Crippen LogP contribution in [0.25, 0.3) is 0 Å². The number of hydrogen-bond acceptors (Lipinski definition) is 4. The summed E-state index contributed by atoms with van der Waals surface area (Å²) in [5, 5.41) is 2.64. The summed E-state index contributed by atoms with van der Waals surface area (Å²) in [4.78, 5) is 26.6. The Hall–Kier alpha value is -2.47. The van der Waals surface area contributed by atoms with Gasteiger partial charge in [0.15, 0.2) is 0 Å². The Morgan fingerprint density at radius 3 is 2.25 bits per heavy atom. The van der Waals surface area contributed by atoms with Crippen molar-refractivity contribution in [2.45, 2.75) is 32.2 Å². The molecule has 2 amide bonds. The number of likely N-dealkylation sites (N-methyl/N-ethyl adjacent to an activating group) is 1. The molecule has 0 saturated heterocycles. The van der Waals surface area contributed by atoms with Crippen LogP contribution in [0.4, 0.5) is 0 Å². The van der Waals surface area contributed by atoms with Crippen LogP contribution in [0.2, 0.25) is 0 Å². The highest BCUT2D eigenvalue weighted by molar-refractivity contribution is 7.99. The van der Waals surface area contributed by atoms with Crippen LogP contribution in [-0.4, -0.2) is 42.7 Å². The molecule has 0 heterocycles. The quantitative estimate of drug-likeness (QED) is 0.701. The van der Waals surface area contributed by atoms with E-state index in [1.807, 2.05) is 55.5 Å². The second-order valence-electron chi connectivity index (χ2n) is 6.64. The Kier molecular flexibility index (Phi) is 8.39. The van der Waals surface area contributed by atoms with Gasteiger partial charge in [-0.3, -0.25) is 9.59 Å². The van der Waals surface area contributed by atoms with Crippen molar-refractivity contribution in [1.82, 2.24) is 10.2 Å². The van der Waals surface area contributed by atoms with Gasteiger partial charge in [-0.15, -0.1) is 11.8 Å². The molecule has 0 spiro atoms. The molecule has 0 aromatic heterocycles. The summed E-state index contributed by atoms with van der Waals surface area (Å²) in [6, 6.07) is 15.3. The van der Waals surface area contributed by atoms with Crippen molar-refractivity contribution in [3.63, 3.8) is 0 Å². The highest BCUT2D eigenvalue weighted by Gasteiger charge is 2.25. The first-order valence-electron chi connectivity index (χ1n) is 9.22. The summed E-state index contributed by atoms with van der Waals surface area (Å²) in [6.45, 7) is 4.20. The van der Waals surface area contributed by atoms with Crippen LogP contribution in [0.3, 0.4) is 0 Å². The smallest absolute Gasteiger partial charge is 0.242 e. The topological polar surface area (TPSA) is 58.6 Å². The lowest BCUT2D eigenvalue weighted by molar-refractivity contribution is -0.138. The minimum Gasteiger partial charge on any atom is -0.497 e. The van der Waals surface area contributed by atoms with Gasteiger partial charge in [0.2, 0.25) is 11.8 Å². The lowest BCUT2D eigenvalue weighted by Crippen LogP contribution is -2.47. The average Bonchev–Trinajstić information content (AvgIpc) is 2.72. The minimum atomic E-state index is -0.527.